The second kappa shape index (κ2) is 10.5. The van der Waals surface area contributed by atoms with Crippen LogP contribution in [0.5, 0.6) is 0 Å². The molecule has 9 heteroatoms. The number of nitrogens with one attached hydrogen (secondary N) is 2. The van der Waals surface area contributed by atoms with Crippen LogP contribution in [-0.2, 0) is 16.0 Å². The third-order valence-electron chi connectivity index (χ3n) is 4.91. The molecule has 1 aromatic carbocycles. The number of hydrogen-bond donors (Lipinski definition) is 4. The Kier molecular flexibility index (Phi) is 8.29. The van der Waals surface area contributed by atoms with Gasteiger partial charge in [-0.25, -0.2) is 5.48 Å². The Hall–Kier alpha value is -2.78. The van der Waals surface area contributed by atoms with Crippen LogP contribution in [0.25, 0.3) is 0 Å². The number of aromatic nitrogens is 2. The second-order valence-corrected chi connectivity index (χ2v) is 9.17. The van der Waals surface area contributed by atoms with Crippen molar-refractivity contribution in [1.29, 1.82) is 0 Å². The van der Waals surface area contributed by atoms with Crippen LogP contribution < -0.4 is 10.8 Å². The van der Waals surface area contributed by atoms with Crippen molar-refractivity contribution in [3.8, 4) is 0 Å². The molecular weight excluding hydrogens is 400 g/mol. The van der Waals surface area contributed by atoms with Gasteiger partial charge in [-0.15, -0.1) is 0 Å². The Bertz CT molecular complexity index is 860. The monoisotopic (exact) mass is 432 g/mol. The minimum atomic E-state index is -1.69. The van der Waals surface area contributed by atoms with Gasteiger partial charge in [-0.2, -0.15) is 4.98 Å². The van der Waals surface area contributed by atoms with Crippen LogP contribution in [0.4, 0.5) is 0 Å². The van der Waals surface area contributed by atoms with Gasteiger partial charge in [0.15, 0.2) is 5.82 Å². The van der Waals surface area contributed by atoms with Gasteiger partial charge in [0.05, 0.1) is 18.4 Å². The Balaban J connectivity index is 2.24. The van der Waals surface area contributed by atoms with Crippen molar-refractivity contribution in [2.24, 2.45) is 17.3 Å². The summed E-state index contributed by atoms with van der Waals surface area (Å²) in [7, 11) is 0. The van der Waals surface area contributed by atoms with Gasteiger partial charge in [-0.3, -0.25) is 14.8 Å². The van der Waals surface area contributed by atoms with E-state index in [1.165, 1.54) is 5.48 Å². The molecule has 3 atom stereocenters. The van der Waals surface area contributed by atoms with Gasteiger partial charge in [0.25, 0.3) is 5.91 Å². The van der Waals surface area contributed by atoms with E-state index in [1.54, 1.807) is 0 Å². The lowest BCUT2D eigenvalue weighted by atomic mass is 9.84. The van der Waals surface area contributed by atoms with Crippen molar-refractivity contribution in [1.82, 2.24) is 20.9 Å². The van der Waals surface area contributed by atoms with Gasteiger partial charge in [0.1, 0.15) is 6.10 Å². The number of amides is 2. The summed E-state index contributed by atoms with van der Waals surface area (Å²) in [6.07, 6.45) is -0.973. The Morgan fingerprint density at radius 3 is 2.32 bits per heavy atom. The molecule has 0 radical (unpaired) electrons. The fourth-order valence-corrected chi connectivity index (χ4v) is 3.28. The van der Waals surface area contributed by atoms with Crippen LogP contribution in [0.1, 0.15) is 64.4 Å². The molecule has 31 heavy (non-hydrogen) atoms. The van der Waals surface area contributed by atoms with E-state index in [4.69, 9.17) is 9.73 Å². The quantitative estimate of drug-likeness (QED) is 0.353. The molecule has 0 saturated carbocycles. The predicted molar refractivity (Wildman–Crippen MR) is 113 cm³/mol. The number of hydroxylamine groups is 1. The van der Waals surface area contributed by atoms with Crippen LogP contribution >= 0.6 is 0 Å². The molecule has 1 aromatic heterocycles. The minimum Gasteiger partial charge on any atom is -0.382 e. The average molecular weight is 433 g/mol. The highest BCUT2D eigenvalue weighted by atomic mass is 16.5. The topological polar surface area (TPSA) is 138 Å². The summed E-state index contributed by atoms with van der Waals surface area (Å²) < 4.78 is 5.40. The van der Waals surface area contributed by atoms with Crippen molar-refractivity contribution in [2.75, 3.05) is 0 Å². The van der Waals surface area contributed by atoms with E-state index in [9.17, 15) is 14.7 Å². The molecule has 9 nitrogen and oxygen atoms in total. The first-order valence-electron chi connectivity index (χ1n) is 10.3. The predicted octanol–water partition coefficient (Wildman–Crippen LogP) is 2.39. The molecule has 4 N–H and O–H groups in total. The van der Waals surface area contributed by atoms with Gasteiger partial charge in [0.2, 0.25) is 11.8 Å². The summed E-state index contributed by atoms with van der Waals surface area (Å²) in [5.74, 6) is -1.84. The van der Waals surface area contributed by atoms with Gasteiger partial charge in [0, 0.05) is 0 Å². The van der Waals surface area contributed by atoms with Crippen LogP contribution in [-0.4, -0.2) is 38.4 Å². The maximum absolute atomic E-state index is 13.0. The van der Waals surface area contributed by atoms with Crippen LogP contribution in [0.2, 0.25) is 0 Å². The molecule has 0 aliphatic rings. The molecule has 0 bridgehead atoms. The van der Waals surface area contributed by atoms with Crippen molar-refractivity contribution >= 4 is 11.8 Å². The number of carbonyl (C=O) groups excluding carboxylic acids is 2. The molecule has 0 fully saturated rings. The lowest BCUT2D eigenvalue weighted by Gasteiger charge is -2.31. The fraction of sp³-hybridized carbons (Fsp3) is 0.545. The van der Waals surface area contributed by atoms with Crippen molar-refractivity contribution in [2.45, 2.75) is 59.6 Å². The van der Waals surface area contributed by atoms with Crippen molar-refractivity contribution in [3.05, 3.63) is 47.6 Å². The first kappa shape index (κ1) is 24.5. The molecule has 0 unspecified atom stereocenters. The zero-order valence-corrected chi connectivity index (χ0v) is 18.6. The van der Waals surface area contributed by atoms with Gasteiger partial charge in [-0.1, -0.05) is 70.1 Å². The molecule has 2 rings (SSSR count). The van der Waals surface area contributed by atoms with E-state index in [-0.39, 0.29) is 12.3 Å². The summed E-state index contributed by atoms with van der Waals surface area (Å²) in [5.41, 5.74) is 1.95. The highest BCUT2D eigenvalue weighted by Crippen LogP contribution is 2.32. The molecule has 2 aromatic rings. The van der Waals surface area contributed by atoms with Crippen LogP contribution in [0, 0.1) is 17.3 Å². The molecule has 0 aliphatic carbocycles. The highest BCUT2D eigenvalue weighted by molar-refractivity contribution is 5.88. The number of nitrogens with zero attached hydrogens (tertiary/aromatic N) is 2. The summed E-state index contributed by atoms with van der Waals surface area (Å²) in [5, 5.41) is 26.1. The van der Waals surface area contributed by atoms with Crippen LogP contribution in [0.15, 0.2) is 34.9 Å². The smallest absolute Gasteiger partial charge is 0.272 e. The van der Waals surface area contributed by atoms with Crippen molar-refractivity contribution in [3.63, 3.8) is 0 Å². The summed E-state index contributed by atoms with van der Waals surface area (Å²) in [6, 6.07) is 9.06. The molecule has 0 aliphatic heterocycles. The number of hydrogen-bond acceptors (Lipinski definition) is 7. The number of carbonyl (C=O) groups is 2. The Labute approximate surface area is 182 Å². The van der Waals surface area contributed by atoms with Crippen LogP contribution in [0.3, 0.4) is 0 Å². The van der Waals surface area contributed by atoms with E-state index >= 15 is 0 Å². The average Bonchev–Trinajstić information content (AvgIpc) is 3.16. The molecule has 170 valence electrons. The van der Waals surface area contributed by atoms with E-state index in [0.717, 1.165) is 5.56 Å². The van der Waals surface area contributed by atoms with E-state index < -0.39 is 35.3 Å². The largest absolute Gasteiger partial charge is 0.382 e. The fourth-order valence-electron chi connectivity index (χ4n) is 3.28. The maximum Gasteiger partial charge on any atom is 0.272 e. The highest BCUT2D eigenvalue weighted by Gasteiger charge is 2.38. The minimum absolute atomic E-state index is 0.0348. The number of aliphatic hydroxyl groups excluding tert-OH is 1. The first-order valence-corrected chi connectivity index (χ1v) is 10.3. The lowest BCUT2D eigenvalue weighted by Crippen LogP contribution is -2.48. The number of aliphatic hydroxyl groups is 1. The zero-order valence-electron chi connectivity index (χ0n) is 18.6. The molecular formula is C22H32N4O5. The number of rotatable bonds is 9. The summed E-state index contributed by atoms with van der Waals surface area (Å²) >= 11 is 0. The summed E-state index contributed by atoms with van der Waals surface area (Å²) in [4.78, 5) is 29.3. The van der Waals surface area contributed by atoms with Gasteiger partial charge in [-0.05, 0) is 23.3 Å². The second-order valence-electron chi connectivity index (χ2n) is 9.17. The standard InChI is InChI=1S/C22H32N4O5/c1-13(2)11-15(17(27)21(29)25-30)20(28)24-18(22(3,4)5)19-23-16(31-26-19)12-14-9-7-6-8-10-14/h6-10,13,15,17-18,27,30H,11-12H2,1-5H3,(H,24,28)(H,25,29)/t15-,17+,18-/m1/s1. The summed E-state index contributed by atoms with van der Waals surface area (Å²) in [6.45, 7) is 9.50. The normalized spacial score (nSPS) is 14.7. The number of benzene rings is 1. The third-order valence-corrected chi connectivity index (χ3v) is 4.91. The van der Waals surface area contributed by atoms with Crippen molar-refractivity contribution < 1.29 is 24.4 Å². The van der Waals surface area contributed by atoms with Gasteiger partial charge < -0.3 is 14.9 Å². The van der Waals surface area contributed by atoms with E-state index in [2.05, 4.69) is 15.5 Å². The first-order chi connectivity index (χ1) is 14.5. The Morgan fingerprint density at radius 2 is 1.77 bits per heavy atom. The molecule has 0 spiro atoms. The molecule has 1 heterocycles. The SMILES string of the molecule is CC(C)C[C@@H](C(=O)N[C@H](c1noc(Cc2ccccc2)n1)C(C)(C)C)[C@H](O)C(=O)NO. The maximum atomic E-state index is 13.0. The zero-order chi connectivity index (χ0) is 23.2. The lowest BCUT2D eigenvalue weighted by molar-refractivity contribution is -0.147. The third kappa shape index (κ3) is 6.86. The molecule has 0 saturated heterocycles. The Morgan fingerprint density at radius 1 is 1.13 bits per heavy atom. The van der Waals surface area contributed by atoms with Gasteiger partial charge >= 0.3 is 0 Å². The van der Waals surface area contributed by atoms with E-state index in [0.29, 0.717) is 18.1 Å². The molecule has 2 amide bonds. The van der Waals surface area contributed by atoms with E-state index in [1.807, 2.05) is 65.0 Å².